The third-order valence-electron chi connectivity index (χ3n) is 5.15. The lowest BCUT2D eigenvalue weighted by Crippen LogP contribution is -2.38. The van der Waals surface area contributed by atoms with Gasteiger partial charge in [0.15, 0.2) is 0 Å². The summed E-state index contributed by atoms with van der Waals surface area (Å²) in [5.41, 5.74) is 6.48. The number of para-hydroxylation sites is 1. The molecule has 0 aliphatic rings. The second-order valence-electron chi connectivity index (χ2n) is 7.71. The lowest BCUT2D eigenvalue weighted by molar-refractivity contribution is -0.129. The number of carbonyl (C=O) groups is 2. The number of nitrogens with zero attached hydrogens (tertiary/aromatic N) is 3. The second-order valence-corrected chi connectivity index (χ2v) is 7.71. The lowest BCUT2D eigenvalue weighted by atomic mass is 10.1. The van der Waals surface area contributed by atoms with Crippen LogP contribution >= 0.6 is 0 Å². The molecule has 30 heavy (non-hydrogen) atoms. The third-order valence-corrected chi connectivity index (χ3v) is 5.15. The van der Waals surface area contributed by atoms with E-state index in [0.29, 0.717) is 12.1 Å². The number of aryl methyl sites for hydroxylation is 3. The van der Waals surface area contributed by atoms with Crippen LogP contribution < -0.4 is 5.32 Å². The van der Waals surface area contributed by atoms with Crippen LogP contribution in [-0.4, -0.2) is 40.1 Å². The highest BCUT2D eigenvalue weighted by Gasteiger charge is 2.18. The molecule has 0 saturated carbocycles. The summed E-state index contributed by atoms with van der Waals surface area (Å²) in [7, 11) is 1.74. The topological polar surface area (TPSA) is 67.2 Å². The number of aromatic nitrogens is 2. The van der Waals surface area contributed by atoms with Gasteiger partial charge in [-0.3, -0.25) is 9.59 Å². The van der Waals surface area contributed by atoms with Gasteiger partial charge in [0.1, 0.15) is 0 Å². The van der Waals surface area contributed by atoms with Crippen molar-refractivity contribution in [3.63, 3.8) is 0 Å². The number of benzene rings is 2. The summed E-state index contributed by atoms with van der Waals surface area (Å²) in [5, 5.41) is 7.36. The zero-order chi connectivity index (χ0) is 21.8. The Bertz CT molecular complexity index is 1050. The predicted molar refractivity (Wildman–Crippen MR) is 118 cm³/mol. The molecule has 0 bridgehead atoms. The van der Waals surface area contributed by atoms with Crippen LogP contribution in [0.3, 0.4) is 0 Å². The van der Waals surface area contributed by atoms with Crippen LogP contribution in [0, 0.1) is 27.7 Å². The zero-order valence-corrected chi connectivity index (χ0v) is 18.2. The smallest absolute Gasteiger partial charge is 0.251 e. The minimum absolute atomic E-state index is 0.0484. The minimum atomic E-state index is -0.243. The van der Waals surface area contributed by atoms with Gasteiger partial charge in [-0.2, -0.15) is 5.10 Å². The molecule has 156 valence electrons. The molecule has 0 atom stereocenters. The van der Waals surface area contributed by atoms with Gasteiger partial charge in [0, 0.05) is 30.4 Å². The second kappa shape index (κ2) is 8.95. The summed E-state index contributed by atoms with van der Waals surface area (Å²) in [6, 6.07) is 15.6. The van der Waals surface area contributed by atoms with Crippen molar-refractivity contribution in [1.29, 1.82) is 0 Å². The molecule has 1 N–H and O–H groups in total. The van der Waals surface area contributed by atoms with Crippen molar-refractivity contribution in [2.75, 3.05) is 13.6 Å². The normalized spacial score (nSPS) is 10.7. The average molecular weight is 405 g/mol. The van der Waals surface area contributed by atoms with Crippen molar-refractivity contribution in [3.05, 3.63) is 82.2 Å². The Morgan fingerprint density at radius 3 is 2.27 bits per heavy atom. The van der Waals surface area contributed by atoms with Crippen molar-refractivity contribution in [2.24, 2.45) is 0 Å². The molecule has 6 heteroatoms. The van der Waals surface area contributed by atoms with E-state index in [1.807, 2.05) is 80.9 Å². The number of hydrogen-bond donors (Lipinski definition) is 1. The van der Waals surface area contributed by atoms with Crippen LogP contribution in [0.2, 0.25) is 0 Å². The van der Waals surface area contributed by atoms with Crippen LogP contribution in [0.4, 0.5) is 0 Å². The lowest BCUT2D eigenvalue weighted by Gasteiger charge is -2.18. The monoisotopic (exact) mass is 404 g/mol. The Hall–Kier alpha value is -3.41. The first-order valence-corrected chi connectivity index (χ1v) is 9.97. The standard InChI is InChI=1S/C24H28N4O2/c1-16-11-17(2)13-20(12-16)24(30)25-14-23(29)27(5)15-22-18(3)26-28(19(22)4)21-9-7-6-8-10-21/h6-13H,14-15H2,1-5H3,(H,25,30). The fourth-order valence-corrected chi connectivity index (χ4v) is 3.55. The Kier molecular flexibility index (Phi) is 6.35. The van der Waals surface area contributed by atoms with Crippen LogP contribution in [-0.2, 0) is 11.3 Å². The molecule has 0 spiro atoms. The molecular weight excluding hydrogens is 376 g/mol. The molecule has 0 aliphatic heterocycles. The summed E-state index contributed by atoms with van der Waals surface area (Å²) < 4.78 is 1.89. The van der Waals surface area contributed by atoms with Crippen molar-refractivity contribution in [2.45, 2.75) is 34.2 Å². The Labute approximate surface area is 177 Å². The molecule has 3 rings (SSSR count). The maximum atomic E-state index is 12.6. The Morgan fingerprint density at radius 1 is 1.00 bits per heavy atom. The van der Waals surface area contributed by atoms with E-state index in [9.17, 15) is 9.59 Å². The van der Waals surface area contributed by atoms with Crippen LogP contribution in [0.15, 0.2) is 48.5 Å². The van der Waals surface area contributed by atoms with Gasteiger partial charge < -0.3 is 10.2 Å². The highest BCUT2D eigenvalue weighted by molar-refractivity contribution is 5.96. The third kappa shape index (κ3) is 4.76. The van der Waals surface area contributed by atoms with Gasteiger partial charge in [-0.15, -0.1) is 0 Å². The summed E-state index contributed by atoms with van der Waals surface area (Å²) >= 11 is 0. The van der Waals surface area contributed by atoms with Gasteiger partial charge in [-0.05, 0) is 52.0 Å². The van der Waals surface area contributed by atoms with Crippen LogP contribution in [0.25, 0.3) is 5.69 Å². The van der Waals surface area contributed by atoms with E-state index >= 15 is 0 Å². The molecular formula is C24H28N4O2. The number of nitrogens with one attached hydrogen (secondary N) is 1. The number of hydrogen-bond acceptors (Lipinski definition) is 3. The molecule has 0 unspecified atom stereocenters. The first kappa shape index (κ1) is 21.3. The Balaban J connectivity index is 1.65. The zero-order valence-electron chi connectivity index (χ0n) is 18.2. The molecule has 0 aliphatic carbocycles. The van der Waals surface area contributed by atoms with E-state index in [1.165, 1.54) is 0 Å². The number of carbonyl (C=O) groups excluding carboxylic acids is 2. The summed E-state index contributed by atoms with van der Waals surface area (Å²) in [6.45, 7) is 8.23. The minimum Gasteiger partial charge on any atom is -0.343 e. The fraction of sp³-hybridized carbons (Fsp3) is 0.292. The van der Waals surface area contributed by atoms with E-state index < -0.39 is 0 Å². The molecule has 0 radical (unpaired) electrons. The van der Waals surface area contributed by atoms with Crippen LogP contribution in [0.5, 0.6) is 0 Å². The summed E-state index contributed by atoms with van der Waals surface area (Å²) in [5.74, 6) is -0.396. The van der Waals surface area contributed by atoms with Gasteiger partial charge >= 0.3 is 0 Å². The van der Waals surface area contributed by atoms with E-state index in [-0.39, 0.29) is 18.4 Å². The quantitative estimate of drug-likeness (QED) is 0.684. The van der Waals surface area contributed by atoms with Crippen molar-refractivity contribution < 1.29 is 9.59 Å². The average Bonchev–Trinajstić information content (AvgIpc) is 2.99. The van der Waals surface area contributed by atoms with E-state index in [4.69, 9.17) is 0 Å². The van der Waals surface area contributed by atoms with Gasteiger partial charge in [-0.25, -0.2) is 4.68 Å². The Morgan fingerprint density at radius 2 is 1.63 bits per heavy atom. The molecule has 1 heterocycles. The summed E-state index contributed by atoms with van der Waals surface area (Å²) in [6.07, 6.45) is 0. The number of rotatable bonds is 6. The largest absolute Gasteiger partial charge is 0.343 e. The van der Waals surface area contributed by atoms with Crippen molar-refractivity contribution in [3.8, 4) is 5.69 Å². The molecule has 2 aromatic carbocycles. The van der Waals surface area contributed by atoms with Gasteiger partial charge in [0.2, 0.25) is 5.91 Å². The van der Waals surface area contributed by atoms with E-state index in [0.717, 1.165) is 33.8 Å². The van der Waals surface area contributed by atoms with Crippen LogP contribution in [0.1, 0.15) is 38.4 Å². The highest BCUT2D eigenvalue weighted by atomic mass is 16.2. The maximum absolute atomic E-state index is 12.6. The molecule has 2 amide bonds. The first-order valence-electron chi connectivity index (χ1n) is 9.97. The molecule has 3 aromatic rings. The van der Waals surface area contributed by atoms with Gasteiger partial charge in [-0.1, -0.05) is 35.4 Å². The van der Waals surface area contributed by atoms with Crippen molar-refractivity contribution >= 4 is 11.8 Å². The van der Waals surface area contributed by atoms with E-state index in [1.54, 1.807) is 11.9 Å². The van der Waals surface area contributed by atoms with Gasteiger partial charge in [0.25, 0.3) is 5.91 Å². The molecule has 1 aromatic heterocycles. The first-order chi connectivity index (χ1) is 14.3. The number of likely N-dealkylation sites (N-methyl/N-ethyl adjacent to an activating group) is 1. The fourth-order valence-electron chi connectivity index (χ4n) is 3.55. The molecule has 0 saturated heterocycles. The predicted octanol–water partition coefficient (Wildman–Crippen LogP) is 3.49. The number of amides is 2. The highest BCUT2D eigenvalue weighted by Crippen LogP contribution is 2.19. The van der Waals surface area contributed by atoms with Gasteiger partial charge in [0.05, 0.1) is 17.9 Å². The van der Waals surface area contributed by atoms with Crippen molar-refractivity contribution in [1.82, 2.24) is 20.0 Å². The summed E-state index contributed by atoms with van der Waals surface area (Å²) in [4.78, 5) is 26.6. The SMILES string of the molecule is Cc1cc(C)cc(C(=O)NCC(=O)N(C)Cc2c(C)nn(-c3ccccc3)c2C)c1. The molecule has 6 nitrogen and oxygen atoms in total. The maximum Gasteiger partial charge on any atom is 0.251 e. The molecule has 0 fully saturated rings. The van der Waals surface area contributed by atoms with E-state index in [2.05, 4.69) is 10.4 Å².